The van der Waals surface area contributed by atoms with Crippen LogP contribution in [-0.4, -0.2) is 34.1 Å². The molecule has 5 rings (SSSR count). The summed E-state index contributed by atoms with van der Waals surface area (Å²) in [6, 6.07) is 14.1. The standard InChI is InChI=1S/C24H23N5O2S/c1-15-2-7-19-20(12-15)32-23(28-19)29-21(30)24(8-10-31-11-9-24)18-5-3-16(4-6-18)17-13-26-22(25)27-14-17/h2-7,12-14H,8-11H2,1H3,(H2,25,26,27)(H,28,29,30). The van der Waals surface area contributed by atoms with Crippen LogP contribution < -0.4 is 11.1 Å². The number of rotatable bonds is 4. The van der Waals surface area contributed by atoms with Crippen molar-refractivity contribution in [3.63, 3.8) is 0 Å². The first kappa shape index (κ1) is 20.5. The van der Waals surface area contributed by atoms with E-state index in [0.29, 0.717) is 31.2 Å². The molecule has 0 unspecified atom stereocenters. The number of hydrogen-bond acceptors (Lipinski definition) is 7. The van der Waals surface area contributed by atoms with Crippen molar-refractivity contribution < 1.29 is 9.53 Å². The maximum absolute atomic E-state index is 13.6. The smallest absolute Gasteiger partial charge is 0.236 e. The molecule has 0 saturated carbocycles. The topological polar surface area (TPSA) is 103 Å². The number of thiazole rings is 1. The van der Waals surface area contributed by atoms with Crippen LogP contribution in [0.4, 0.5) is 11.1 Å². The number of anilines is 2. The number of carbonyl (C=O) groups is 1. The summed E-state index contributed by atoms with van der Waals surface area (Å²) < 4.78 is 6.66. The van der Waals surface area contributed by atoms with Gasteiger partial charge in [0.1, 0.15) is 0 Å². The SMILES string of the molecule is Cc1ccc2nc(NC(=O)C3(c4ccc(-c5cnc(N)nc5)cc4)CCOCC3)sc2c1. The zero-order valence-electron chi connectivity index (χ0n) is 17.7. The van der Waals surface area contributed by atoms with E-state index in [0.717, 1.165) is 26.9 Å². The van der Waals surface area contributed by atoms with Gasteiger partial charge in [-0.05, 0) is 48.6 Å². The number of amides is 1. The number of aryl methyl sites for hydroxylation is 1. The molecule has 0 aliphatic carbocycles. The molecule has 8 heteroatoms. The lowest BCUT2D eigenvalue weighted by atomic mass is 9.73. The average molecular weight is 446 g/mol. The molecule has 1 aliphatic rings. The summed E-state index contributed by atoms with van der Waals surface area (Å²) in [7, 11) is 0. The van der Waals surface area contributed by atoms with Gasteiger partial charge >= 0.3 is 0 Å². The minimum Gasteiger partial charge on any atom is -0.381 e. The van der Waals surface area contributed by atoms with E-state index in [9.17, 15) is 4.79 Å². The van der Waals surface area contributed by atoms with Crippen LogP contribution in [0.3, 0.4) is 0 Å². The van der Waals surface area contributed by atoms with Crippen LogP contribution >= 0.6 is 11.3 Å². The van der Waals surface area contributed by atoms with Crippen LogP contribution in [0.25, 0.3) is 21.3 Å². The minimum absolute atomic E-state index is 0.0415. The quantitative estimate of drug-likeness (QED) is 0.485. The van der Waals surface area contributed by atoms with E-state index in [1.807, 2.05) is 36.4 Å². The fraction of sp³-hybridized carbons (Fsp3) is 0.250. The van der Waals surface area contributed by atoms with Crippen LogP contribution in [0, 0.1) is 6.92 Å². The summed E-state index contributed by atoms with van der Waals surface area (Å²) in [5.74, 6) is 0.202. The fourth-order valence-electron chi connectivity index (χ4n) is 4.14. The van der Waals surface area contributed by atoms with Crippen molar-refractivity contribution in [2.75, 3.05) is 24.3 Å². The second-order valence-corrected chi connectivity index (χ2v) is 9.08. The van der Waals surface area contributed by atoms with E-state index < -0.39 is 5.41 Å². The first-order valence-corrected chi connectivity index (χ1v) is 11.3. The number of carbonyl (C=O) groups excluding carboxylic acids is 1. The Labute approximate surface area is 189 Å². The van der Waals surface area contributed by atoms with Gasteiger partial charge in [-0.2, -0.15) is 0 Å². The Morgan fingerprint density at radius 3 is 2.50 bits per heavy atom. The van der Waals surface area contributed by atoms with Gasteiger partial charge in [0.15, 0.2) is 5.13 Å². The molecule has 2 aromatic carbocycles. The van der Waals surface area contributed by atoms with E-state index in [1.165, 1.54) is 16.9 Å². The molecule has 1 fully saturated rings. The predicted molar refractivity (Wildman–Crippen MR) is 127 cm³/mol. The summed E-state index contributed by atoms with van der Waals surface area (Å²) >= 11 is 1.50. The third kappa shape index (κ3) is 3.83. The van der Waals surface area contributed by atoms with Crippen molar-refractivity contribution in [2.24, 2.45) is 0 Å². The highest BCUT2D eigenvalue weighted by Crippen LogP contribution is 2.38. The van der Waals surface area contributed by atoms with E-state index in [2.05, 4.69) is 33.3 Å². The fourth-order valence-corrected chi connectivity index (χ4v) is 5.10. The van der Waals surface area contributed by atoms with Crippen molar-refractivity contribution in [3.8, 4) is 11.1 Å². The molecule has 2 aromatic heterocycles. The Morgan fingerprint density at radius 1 is 1.06 bits per heavy atom. The van der Waals surface area contributed by atoms with Crippen molar-refractivity contribution in [1.29, 1.82) is 0 Å². The first-order chi connectivity index (χ1) is 15.5. The summed E-state index contributed by atoms with van der Waals surface area (Å²) in [4.78, 5) is 26.3. The predicted octanol–water partition coefficient (Wildman–Crippen LogP) is 4.33. The Bertz CT molecular complexity index is 1260. The molecule has 3 N–H and O–H groups in total. The van der Waals surface area contributed by atoms with Gasteiger partial charge in [-0.25, -0.2) is 15.0 Å². The molecule has 1 aliphatic heterocycles. The number of nitrogens with one attached hydrogen (secondary N) is 1. The van der Waals surface area contributed by atoms with Crippen LogP contribution in [0.2, 0.25) is 0 Å². The van der Waals surface area contributed by atoms with Crippen molar-refractivity contribution >= 4 is 38.5 Å². The van der Waals surface area contributed by atoms with Gasteiger partial charge in [0.25, 0.3) is 0 Å². The summed E-state index contributed by atoms with van der Waals surface area (Å²) in [6.07, 6.45) is 4.63. The molecule has 0 atom stereocenters. The molecule has 162 valence electrons. The molecule has 0 radical (unpaired) electrons. The Hall–Kier alpha value is -3.36. The monoisotopic (exact) mass is 445 g/mol. The van der Waals surface area contributed by atoms with Crippen LogP contribution in [0.1, 0.15) is 24.0 Å². The maximum Gasteiger partial charge on any atom is 0.236 e. The van der Waals surface area contributed by atoms with Gasteiger partial charge in [0, 0.05) is 31.2 Å². The molecule has 1 amide bonds. The zero-order chi connectivity index (χ0) is 22.1. The lowest BCUT2D eigenvalue weighted by Crippen LogP contribution is -2.44. The van der Waals surface area contributed by atoms with Crippen LogP contribution in [0.15, 0.2) is 54.9 Å². The molecule has 0 bridgehead atoms. The van der Waals surface area contributed by atoms with Crippen LogP contribution in [0.5, 0.6) is 0 Å². The molecule has 1 saturated heterocycles. The first-order valence-electron chi connectivity index (χ1n) is 10.5. The van der Waals surface area contributed by atoms with Gasteiger partial charge in [0.05, 0.1) is 15.6 Å². The number of fused-ring (bicyclic) bond motifs is 1. The Kier molecular flexibility index (Phi) is 5.32. The Balaban J connectivity index is 1.44. The molecular formula is C24H23N5O2S. The number of nitrogens with zero attached hydrogens (tertiary/aromatic N) is 3. The molecule has 4 aromatic rings. The highest BCUT2D eigenvalue weighted by atomic mass is 32.1. The highest BCUT2D eigenvalue weighted by molar-refractivity contribution is 7.22. The number of nitrogens with two attached hydrogens (primary N) is 1. The second-order valence-electron chi connectivity index (χ2n) is 8.05. The van der Waals surface area contributed by atoms with E-state index >= 15 is 0 Å². The number of nitrogen functional groups attached to an aromatic ring is 1. The molecule has 3 heterocycles. The normalized spacial score (nSPS) is 15.5. The Morgan fingerprint density at radius 2 is 1.78 bits per heavy atom. The van der Waals surface area contributed by atoms with E-state index in [1.54, 1.807) is 12.4 Å². The van der Waals surface area contributed by atoms with Crippen molar-refractivity contribution in [2.45, 2.75) is 25.2 Å². The van der Waals surface area contributed by atoms with Gasteiger partial charge in [-0.3, -0.25) is 4.79 Å². The maximum atomic E-state index is 13.6. The molecule has 0 spiro atoms. The number of aromatic nitrogens is 3. The van der Waals surface area contributed by atoms with Gasteiger partial charge in [-0.15, -0.1) is 0 Å². The molecule has 7 nitrogen and oxygen atoms in total. The van der Waals surface area contributed by atoms with Crippen molar-refractivity contribution in [1.82, 2.24) is 15.0 Å². The minimum atomic E-state index is -0.665. The zero-order valence-corrected chi connectivity index (χ0v) is 18.5. The summed E-state index contributed by atoms with van der Waals surface area (Å²) in [6.45, 7) is 3.13. The van der Waals surface area contributed by atoms with Gasteiger partial charge < -0.3 is 15.8 Å². The summed E-state index contributed by atoms with van der Waals surface area (Å²) in [5.41, 5.74) is 9.81. The lowest BCUT2D eigenvalue weighted by Gasteiger charge is -2.36. The largest absolute Gasteiger partial charge is 0.381 e. The lowest BCUT2D eigenvalue weighted by molar-refractivity contribution is -0.125. The van der Waals surface area contributed by atoms with E-state index in [4.69, 9.17) is 10.5 Å². The number of benzene rings is 2. The third-order valence-electron chi connectivity index (χ3n) is 5.99. The second kappa shape index (κ2) is 8.29. The van der Waals surface area contributed by atoms with Crippen LogP contribution in [-0.2, 0) is 14.9 Å². The molecule has 32 heavy (non-hydrogen) atoms. The number of ether oxygens (including phenoxy) is 1. The average Bonchev–Trinajstić information content (AvgIpc) is 3.21. The third-order valence-corrected chi connectivity index (χ3v) is 6.92. The molecular weight excluding hydrogens is 422 g/mol. The van der Waals surface area contributed by atoms with Gasteiger partial charge in [-0.1, -0.05) is 41.7 Å². The summed E-state index contributed by atoms with van der Waals surface area (Å²) in [5, 5.41) is 3.71. The van der Waals surface area contributed by atoms with E-state index in [-0.39, 0.29) is 11.9 Å². The van der Waals surface area contributed by atoms with Gasteiger partial charge in [0.2, 0.25) is 11.9 Å². The highest BCUT2D eigenvalue weighted by Gasteiger charge is 2.42. The number of hydrogen-bond donors (Lipinski definition) is 2. The van der Waals surface area contributed by atoms with Crippen molar-refractivity contribution in [3.05, 3.63) is 66.0 Å².